The number of hydrogen-bond donors (Lipinski definition) is 1. The maximum absolute atomic E-state index is 13.0. The second-order valence-electron chi connectivity index (χ2n) is 5.67. The molecule has 0 aromatic heterocycles. The third-order valence-corrected chi connectivity index (χ3v) is 4.51. The van der Waals surface area contributed by atoms with E-state index < -0.39 is 0 Å². The highest BCUT2D eigenvalue weighted by Gasteiger charge is 2.31. The van der Waals surface area contributed by atoms with Gasteiger partial charge in [-0.3, -0.25) is 4.79 Å². The Kier molecular flexibility index (Phi) is 4.81. The Balaban J connectivity index is 1.68. The zero-order valence-electron chi connectivity index (χ0n) is 12.8. The molecule has 1 aliphatic rings. The summed E-state index contributed by atoms with van der Waals surface area (Å²) in [6.45, 7) is 1.09. The summed E-state index contributed by atoms with van der Waals surface area (Å²) < 4.78 is 13.8. The van der Waals surface area contributed by atoms with Gasteiger partial charge in [-0.05, 0) is 42.3 Å². The van der Waals surface area contributed by atoms with E-state index in [4.69, 9.17) is 0 Å². The lowest BCUT2D eigenvalue weighted by Crippen LogP contribution is -2.33. The maximum atomic E-state index is 13.0. The number of amides is 1. The van der Waals surface area contributed by atoms with Crippen LogP contribution in [0.15, 0.2) is 46.9 Å². The Morgan fingerprint density at radius 2 is 2.04 bits per heavy atom. The first kappa shape index (κ1) is 16.5. The fourth-order valence-corrected chi connectivity index (χ4v) is 3.12. The first-order valence-corrected chi connectivity index (χ1v) is 8.35. The van der Waals surface area contributed by atoms with Crippen molar-refractivity contribution in [1.82, 2.24) is 4.90 Å². The zero-order valence-corrected chi connectivity index (χ0v) is 14.4. The van der Waals surface area contributed by atoms with Crippen LogP contribution in [-0.2, 0) is 11.3 Å². The molecule has 0 saturated carbocycles. The van der Waals surface area contributed by atoms with Gasteiger partial charge in [-0.25, -0.2) is 4.39 Å². The third-order valence-electron chi connectivity index (χ3n) is 4.02. The van der Waals surface area contributed by atoms with E-state index in [1.807, 2.05) is 6.07 Å². The fraction of sp³-hybridized carbons (Fsp3) is 0.222. The molecule has 1 amide bonds. The van der Waals surface area contributed by atoms with Crippen molar-refractivity contribution >= 4 is 27.5 Å². The van der Waals surface area contributed by atoms with Crippen LogP contribution in [0.1, 0.15) is 17.5 Å². The summed E-state index contributed by atoms with van der Waals surface area (Å²) in [5, 5.41) is 12.4. The van der Waals surface area contributed by atoms with Gasteiger partial charge in [0.2, 0.25) is 5.91 Å². The number of anilines is 1. The van der Waals surface area contributed by atoms with Crippen LogP contribution >= 0.6 is 15.9 Å². The minimum Gasteiger partial charge on any atom is -0.373 e. The number of benzene rings is 2. The number of nitrogens with zero attached hydrogens (tertiary/aromatic N) is 2. The molecule has 1 aliphatic heterocycles. The number of rotatable bonds is 4. The summed E-state index contributed by atoms with van der Waals surface area (Å²) in [6, 6.07) is 13.3. The van der Waals surface area contributed by atoms with Crippen molar-refractivity contribution in [2.24, 2.45) is 0 Å². The van der Waals surface area contributed by atoms with Gasteiger partial charge in [0, 0.05) is 17.6 Å². The Hall–Kier alpha value is -2.39. The molecular weight excluding hydrogens is 373 g/mol. The normalized spacial score (nSPS) is 17.0. The minimum absolute atomic E-state index is 0.00821. The van der Waals surface area contributed by atoms with Crippen molar-refractivity contribution in [2.45, 2.75) is 19.0 Å². The lowest BCUT2D eigenvalue weighted by molar-refractivity contribution is -0.128. The van der Waals surface area contributed by atoms with E-state index in [0.717, 1.165) is 10.0 Å². The highest BCUT2D eigenvalue weighted by molar-refractivity contribution is 9.10. The molecule has 1 heterocycles. The van der Waals surface area contributed by atoms with Gasteiger partial charge in [-0.15, -0.1) is 0 Å². The maximum Gasteiger partial charge on any atom is 0.245 e. The molecule has 1 saturated heterocycles. The number of nitrogens with one attached hydrogen (secondary N) is 1. The molecule has 4 nitrogen and oxygen atoms in total. The summed E-state index contributed by atoms with van der Waals surface area (Å²) in [5.41, 5.74) is 2.04. The Morgan fingerprint density at radius 1 is 1.29 bits per heavy atom. The molecule has 2 aromatic rings. The predicted octanol–water partition coefficient (Wildman–Crippen LogP) is 3.67. The van der Waals surface area contributed by atoms with Gasteiger partial charge >= 0.3 is 0 Å². The van der Waals surface area contributed by atoms with Crippen LogP contribution in [0.5, 0.6) is 0 Å². The number of hydrogen-bond acceptors (Lipinski definition) is 3. The second kappa shape index (κ2) is 7.02. The molecule has 0 radical (unpaired) electrons. The van der Waals surface area contributed by atoms with Crippen LogP contribution in [-0.4, -0.2) is 23.4 Å². The van der Waals surface area contributed by atoms with Crippen molar-refractivity contribution in [1.29, 1.82) is 5.26 Å². The number of carbonyl (C=O) groups excluding carboxylic acids is 1. The monoisotopic (exact) mass is 387 g/mol. The van der Waals surface area contributed by atoms with E-state index in [-0.39, 0.29) is 17.8 Å². The molecule has 6 heteroatoms. The molecule has 1 fully saturated rings. The lowest BCUT2D eigenvalue weighted by Gasteiger charge is -2.18. The summed E-state index contributed by atoms with van der Waals surface area (Å²) >= 11 is 3.33. The van der Waals surface area contributed by atoms with Crippen LogP contribution in [0, 0.1) is 17.1 Å². The molecule has 0 bridgehead atoms. The van der Waals surface area contributed by atoms with Gasteiger partial charge in [-0.2, -0.15) is 5.26 Å². The smallest absolute Gasteiger partial charge is 0.245 e. The fourth-order valence-electron chi connectivity index (χ4n) is 2.76. The summed E-state index contributed by atoms with van der Waals surface area (Å²) in [5.74, 6) is -0.295. The molecular formula is C18H15BrFN3O. The molecule has 3 rings (SSSR count). The Labute approximate surface area is 148 Å². The Morgan fingerprint density at radius 3 is 2.75 bits per heavy atom. The SMILES string of the molecule is N#Cc1cc(Br)ccc1NC1CCN(Cc2ccc(F)cc2)C1=O. The van der Waals surface area contributed by atoms with Crippen molar-refractivity contribution in [2.75, 3.05) is 11.9 Å². The van der Waals surface area contributed by atoms with E-state index in [2.05, 4.69) is 27.3 Å². The lowest BCUT2D eigenvalue weighted by atomic mass is 10.1. The van der Waals surface area contributed by atoms with Crippen LogP contribution in [0.3, 0.4) is 0 Å². The van der Waals surface area contributed by atoms with Gasteiger partial charge in [0.1, 0.15) is 17.9 Å². The minimum atomic E-state index is -0.348. The molecule has 1 N–H and O–H groups in total. The molecule has 0 aliphatic carbocycles. The van der Waals surface area contributed by atoms with E-state index in [9.17, 15) is 14.4 Å². The van der Waals surface area contributed by atoms with E-state index in [1.54, 1.807) is 29.2 Å². The molecule has 0 spiro atoms. The highest BCUT2D eigenvalue weighted by atomic mass is 79.9. The highest BCUT2D eigenvalue weighted by Crippen LogP contribution is 2.24. The largest absolute Gasteiger partial charge is 0.373 e. The average Bonchev–Trinajstić information content (AvgIpc) is 2.91. The van der Waals surface area contributed by atoms with Gasteiger partial charge in [0.25, 0.3) is 0 Å². The number of likely N-dealkylation sites (tertiary alicyclic amines) is 1. The van der Waals surface area contributed by atoms with Crippen molar-refractivity contribution < 1.29 is 9.18 Å². The molecule has 2 aromatic carbocycles. The van der Waals surface area contributed by atoms with Crippen molar-refractivity contribution in [3.63, 3.8) is 0 Å². The third kappa shape index (κ3) is 3.57. The van der Waals surface area contributed by atoms with Crippen LogP contribution in [0.2, 0.25) is 0 Å². The quantitative estimate of drug-likeness (QED) is 0.870. The molecule has 1 unspecified atom stereocenters. The van der Waals surface area contributed by atoms with Gasteiger partial charge in [-0.1, -0.05) is 28.1 Å². The summed E-state index contributed by atoms with van der Waals surface area (Å²) in [4.78, 5) is 14.3. The van der Waals surface area contributed by atoms with Crippen molar-refractivity contribution in [3.8, 4) is 6.07 Å². The summed E-state index contributed by atoms with van der Waals surface area (Å²) in [7, 11) is 0. The van der Waals surface area contributed by atoms with E-state index in [0.29, 0.717) is 30.8 Å². The van der Waals surface area contributed by atoms with Crippen molar-refractivity contribution in [3.05, 3.63) is 63.9 Å². The molecule has 122 valence electrons. The van der Waals surface area contributed by atoms with Gasteiger partial charge in [0.05, 0.1) is 11.3 Å². The van der Waals surface area contributed by atoms with E-state index in [1.165, 1.54) is 12.1 Å². The van der Waals surface area contributed by atoms with Gasteiger partial charge < -0.3 is 10.2 Å². The number of halogens is 2. The van der Waals surface area contributed by atoms with Crippen LogP contribution in [0.25, 0.3) is 0 Å². The molecule has 1 atom stereocenters. The molecule has 24 heavy (non-hydrogen) atoms. The number of carbonyl (C=O) groups is 1. The number of nitriles is 1. The predicted molar refractivity (Wildman–Crippen MR) is 92.7 cm³/mol. The van der Waals surface area contributed by atoms with Gasteiger partial charge in [0.15, 0.2) is 0 Å². The average molecular weight is 388 g/mol. The first-order valence-electron chi connectivity index (χ1n) is 7.56. The Bertz CT molecular complexity index is 801. The van der Waals surface area contributed by atoms with E-state index >= 15 is 0 Å². The van der Waals surface area contributed by atoms with Crippen LogP contribution < -0.4 is 5.32 Å². The first-order chi connectivity index (χ1) is 11.6. The standard InChI is InChI=1S/C18H15BrFN3O/c19-14-3-6-16(13(9-14)10-21)22-17-7-8-23(18(17)24)11-12-1-4-15(20)5-2-12/h1-6,9,17,22H,7-8,11H2. The topological polar surface area (TPSA) is 56.1 Å². The summed E-state index contributed by atoms with van der Waals surface area (Å²) in [6.07, 6.45) is 0.668. The second-order valence-corrected chi connectivity index (χ2v) is 6.59. The van der Waals surface area contributed by atoms with Crippen LogP contribution in [0.4, 0.5) is 10.1 Å². The zero-order chi connectivity index (χ0) is 17.1.